The van der Waals surface area contributed by atoms with Crippen molar-refractivity contribution in [2.45, 2.75) is 18.9 Å². The monoisotopic (exact) mass is 336 g/mol. The number of rotatable bonds is 7. The lowest BCUT2D eigenvalue weighted by Crippen LogP contribution is -2.34. The summed E-state index contributed by atoms with van der Waals surface area (Å²) < 4.78 is 0. The number of hydrogen-bond acceptors (Lipinski definition) is 3. The molecule has 0 saturated carbocycles. The fraction of sp³-hybridized carbons (Fsp3) is 0.353. The summed E-state index contributed by atoms with van der Waals surface area (Å²) in [5.41, 5.74) is 2.25. The molecule has 118 valence electrons. The van der Waals surface area contributed by atoms with Crippen molar-refractivity contribution in [2.24, 2.45) is 0 Å². The highest BCUT2D eigenvalue weighted by molar-refractivity contribution is 7.07. The minimum atomic E-state index is 0.0574. The molecule has 1 heterocycles. The van der Waals surface area contributed by atoms with Crippen molar-refractivity contribution in [2.75, 3.05) is 20.6 Å². The highest BCUT2D eigenvalue weighted by Crippen LogP contribution is 2.20. The Balaban J connectivity index is 1.83. The SMILES string of the molecule is CN(C)C(CNC(=O)CCc1ccccc1Cl)c1ccsc1. The third-order valence-electron chi connectivity index (χ3n) is 3.62. The Labute approximate surface area is 140 Å². The van der Waals surface area contributed by atoms with Crippen LogP contribution in [0.2, 0.25) is 5.02 Å². The van der Waals surface area contributed by atoms with Crippen LogP contribution in [0.3, 0.4) is 0 Å². The first-order chi connectivity index (χ1) is 10.6. The van der Waals surface area contributed by atoms with E-state index < -0.39 is 0 Å². The van der Waals surface area contributed by atoms with Gasteiger partial charge < -0.3 is 10.2 Å². The van der Waals surface area contributed by atoms with Gasteiger partial charge in [0.2, 0.25) is 5.91 Å². The fourth-order valence-corrected chi connectivity index (χ4v) is 3.25. The van der Waals surface area contributed by atoms with Crippen LogP contribution in [-0.4, -0.2) is 31.4 Å². The molecule has 0 spiro atoms. The van der Waals surface area contributed by atoms with Crippen LogP contribution in [-0.2, 0) is 11.2 Å². The van der Waals surface area contributed by atoms with Crippen molar-refractivity contribution < 1.29 is 4.79 Å². The maximum absolute atomic E-state index is 12.1. The number of amides is 1. The predicted molar refractivity (Wildman–Crippen MR) is 93.5 cm³/mol. The van der Waals surface area contributed by atoms with Gasteiger partial charge in [-0.25, -0.2) is 0 Å². The first-order valence-electron chi connectivity index (χ1n) is 7.26. The van der Waals surface area contributed by atoms with E-state index in [1.807, 2.05) is 38.4 Å². The van der Waals surface area contributed by atoms with Gasteiger partial charge in [-0.05, 0) is 54.5 Å². The Bertz CT molecular complexity index is 598. The van der Waals surface area contributed by atoms with Gasteiger partial charge in [-0.15, -0.1) is 0 Å². The predicted octanol–water partition coefficient (Wildman–Crippen LogP) is 3.75. The summed E-state index contributed by atoms with van der Waals surface area (Å²) >= 11 is 7.78. The lowest BCUT2D eigenvalue weighted by molar-refractivity contribution is -0.121. The Hall–Kier alpha value is -1.36. The number of nitrogens with one attached hydrogen (secondary N) is 1. The van der Waals surface area contributed by atoms with Crippen LogP contribution in [0, 0.1) is 0 Å². The largest absolute Gasteiger partial charge is 0.354 e. The van der Waals surface area contributed by atoms with Crippen LogP contribution in [0.1, 0.15) is 23.6 Å². The Morgan fingerprint density at radius 1 is 1.32 bits per heavy atom. The molecule has 5 heteroatoms. The molecule has 22 heavy (non-hydrogen) atoms. The van der Waals surface area contributed by atoms with E-state index >= 15 is 0 Å². The van der Waals surface area contributed by atoms with E-state index in [2.05, 4.69) is 27.0 Å². The van der Waals surface area contributed by atoms with Crippen LogP contribution >= 0.6 is 22.9 Å². The Morgan fingerprint density at radius 3 is 2.73 bits per heavy atom. The second-order valence-electron chi connectivity index (χ2n) is 5.43. The van der Waals surface area contributed by atoms with E-state index in [9.17, 15) is 4.79 Å². The van der Waals surface area contributed by atoms with Crippen LogP contribution in [0.4, 0.5) is 0 Å². The fourth-order valence-electron chi connectivity index (χ4n) is 2.31. The molecule has 1 aromatic heterocycles. The smallest absolute Gasteiger partial charge is 0.220 e. The van der Waals surface area contributed by atoms with Crippen LogP contribution < -0.4 is 5.32 Å². The van der Waals surface area contributed by atoms with E-state index in [1.54, 1.807) is 11.3 Å². The maximum Gasteiger partial charge on any atom is 0.220 e. The summed E-state index contributed by atoms with van der Waals surface area (Å²) in [6.45, 7) is 0.616. The minimum absolute atomic E-state index is 0.0574. The number of halogens is 1. The lowest BCUT2D eigenvalue weighted by Gasteiger charge is -2.24. The summed E-state index contributed by atoms with van der Waals surface area (Å²) in [5, 5.41) is 7.93. The first kappa shape index (κ1) is 17.0. The summed E-state index contributed by atoms with van der Waals surface area (Å²) in [6.07, 6.45) is 1.12. The quantitative estimate of drug-likeness (QED) is 0.835. The lowest BCUT2D eigenvalue weighted by atomic mass is 10.1. The summed E-state index contributed by atoms with van der Waals surface area (Å²) in [7, 11) is 4.05. The second kappa shape index (κ2) is 8.32. The van der Waals surface area contributed by atoms with Crippen LogP contribution in [0.25, 0.3) is 0 Å². The van der Waals surface area contributed by atoms with E-state index in [0.29, 0.717) is 19.4 Å². The summed E-state index contributed by atoms with van der Waals surface area (Å²) in [4.78, 5) is 14.2. The number of carbonyl (C=O) groups excluding carboxylic acids is 1. The van der Waals surface area contributed by atoms with E-state index in [0.717, 1.165) is 10.6 Å². The third kappa shape index (κ3) is 4.83. The first-order valence-corrected chi connectivity index (χ1v) is 8.58. The molecule has 0 bridgehead atoms. The van der Waals surface area contributed by atoms with Gasteiger partial charge in [0, 0.05) is 18.0 Å². The molecule has 1 amide bonds. The van der Waals surface area contributed by atoms with Crippen molar-refractivity contribution in [1.29, 1.82) is 0 Å². The number of nitrogens with zero attached hydrogens (tertiary/aromatic N) is 1. The van der Waals surface area contributed by atoms with Gasteiger partial charge in [-0.3, -0.25) is 4.79 Å². The molecule has 1 unspecified atom stereocenters. The standard InChI is InChI=1S/C17H21ClN2OS/c1-20(2)16(14-9-10-22-12-14)11-19-17(21)8-7-13-5-3-4-6-15(13)18/h3-6,9-10,12,16H,7-8,11H2,1-2H3,(H,19,21). The zero-order chi connectivity index (χ0) is 15.9. The highest BCUT2D eigenvalue weighted by Gasteiger charge is 2.15. The van der Waals surface area contributed by atoms with Gasteiger partial charge in [-0.1, -0.05) is 29.8 Å². The summed E-state index contributed by atoms with van der Waals surface area (Å²) in [5.74, 6) is 0.0574. The molecular weight excluding hydrogens is 316 g/mol. The number of hydrogen-bond donors (Lipinski definition) is 1. The van der Waals surface area contributed by atoms with Gasteiger partial charge in [0.1, 0.15) is 0 Å². The molecule has 0 aliphatic heterocycles. The average Bonchev–Trinajstić information content (AvgIpc) is 3.00. The molecule has 1 N–H and O–H groups in total. The number of carbonyl (C=O) groups is 1. The molecule has 0 aliphatic carbocycles. The average molecular weight is 337 g/mol. The Kier molecular flexibility index (Phi) is 6.43. The summed E-state index contributed by atoms with van der Waals surface area (Å²) in [6, 6.07) is 9.96. The molecule has 1 atom stereocenters. The second-order valence-corrected chi connectivity index (χ2v) is 6.62. The Morgan fingerprint density at radius 2 is 2.09 bits per heavy atom. The van der Waals surface area contributed by atoms with E-state index in [-0.39, 0.29) is 11.9 Å². The van der Waals surface area contributed by atoms with Crippen LogP contribution in [0.15, 0.2) is 41.1 Å². The number of likely N-dealkylation sites (N-methyl/N-ethyl adjacent to an activating group) is 1. The molecule has 1 aromatic carbocycles. The van der Waals surface area contributed by atoms with Crippen molar-refractivity contribution in [3.05, 3.63) is 57.2 Å². The van der Waals surface area contributed by atoms with E-state index in [1.165, 1.54) is 5.56 Å². The number of thiophene rings is 1. The maximum atomic E-state index is 12.1. The van der Waals surface area contributed by atoms with Crippen molar-refractivity contribution in [3.8, 4) is 0 Å². The van der Waals surface area contributed by atoms with Gasteiger partial charge in [0.15, 0.2) is 0 Å². The van der Waals surface area contributed by atoms with Gasteiger partial charge in [0.25, 0.3) is 0 Å². The molecule has 0 saturated heterocycles. The molecule has 2 aromatic rings. The number of benzene rings is 1. The van der Waals surface area contributed by atoms with Gasteiger partial charge >= 0.3 is 0 Å². The van der Waals surface area contributed by atoms with Crippen molar-refractivity contribution in [1.82, 2.24) is 10.2 Å². The molecule has 3 nitrogen and oxygen atoms in total. The van der Waals surface area contributed by atoms with Crippen molar-refractivity contribution >= 4 is 28.8 Å². The zero-order valence-corrected chi connectivity index (χ0v) is 14.5. The number of aryl methyl sites for hydroxylation is 1. The van der Waals surface area contributed by atoms with Crippen LogP contribution in [0.5, 0.6) is 0 Å². The zero-order valence-electron chi connectivity index (χ0n) is 12.9. The molecule has 0 fully saturated rings. The van der Waals surface area contributed by atoms with Gasteiger partial charge in [-0.2, -0.15) is 11.3 Å². The topological polar surface area (TPSA) is 32.3 Å². The highest BCUT2D eigenvalue weighted by atomic mass is 35.5. The minimum Gasteiger partial charge on any atom is -0.354 e. The molecular formula is C17H21ClN2OS. The van der Waals surface area contributed by atoms with E-state index in [4.69, 9.17) is 11.6 Å². The van der Waals surface area contributed by atoms with Gasteiger partial charge in [0.05, 0.1) is 6.04 Å². The molecule has 2 rings (SSSR count). The molecule has 0 radical (unpaired) electrons. The third-order valence-corrected chi connectivity index (χ3v) is 4.69. The normalized spacial score (nSPS) is 12.4. The van der Waals surface area contributed by atoms with Crippen molar-refractivity contribution in [3.63, 3.8) is 0 Å². The molecule has 0 aliphatic rings.